The van der Waals surface area contributed by atoms with Gasteiger partial charge in [-0.05, 0) is 146 Å². The van der Waals surface area contributed by atoms with E-state index in [0.29, 0.717) is 44.9 Å². The van der Waals surface area contributed by atoms with Crippen LogP contribution in [0, 0.1) is 35.5 Å². The fourth-order valence-corrected chi connectivity index (χ4v) is 16.8. The topological polar surface area (TPSA) is 279 Å². The van der Waals surface area contributed by atoms with Crippen LogP contribution in [0.15, 0.2) is 12.7 Å². The minimum absolute atomic E-state index is 0.00547. The number of rotatable bonds is 13. The molecule has 4 aliphatic carbocycles. The van der Waals surface area contributed by atoms with Gasteiger partial charge < -0.3 is 64.8 Å². The second-order valence-electron chi connectivity index (χ2n) is 31.0. The van der Waals surface area contributed by atoms with Crippen LogP contribution in [0.5, 0.6) is 0 Å². The zero-order chi connectivity index (χ0) is 78.8. The van der Waals surface area contributed by atoms with Gasteiger partial charge in [0.2, 0.25) is 70.9 Å². The molecule has 25 nitrogen and oxygen atoms in total. The molecule has 12 amide bonds. The molecule has 0 aromatic heterocycles. The standard InChI is InChI=1S/C73H112F8N12O13/c1-13-21-51-62(97)83-60(42(4)14-2)68(103)87(8)41-58(96)89(10)52-24-18-19-33-92(67(52)102)55(36-43-25-28-46(29-26-43)72(76,77)78)66(101)86(7)40-56(94)82-50(30-27-44-34-48(74)59(49(75)35-44)73(79,80)81)64(99)93-39-47(106-15-3)37-53(93)63(98)84-71(31-20-32-71)70(105)91(12)61(45-22-16-17-23-45)69(104)90(11)54(65(100)85(5)6)38-57(95)88(51)9/h13,42-55,59-61H,1,14-41H2,2-12H3,(H,82,94)(H,83,97)(H,84,98)/t42-,43?,44?,46?,47+,48?,49?,50-,51-,52-,53-,54-,55-,59?,60-,61-/m0/s1. The number of halogens is 8. The summed E-state index contributed by atoms with van der Waals surface area (Å²) in [7, 11) is 10.8. The highest BCUT2D eigenvalue weighted by molar-refractivity contribution is 6.01. The maximum absolute atomic E-state index is 15.5. The first-order chi connectivity index (χ1) is 49.7. The van der Waals surface area contributed by atoms with E-state index < -0.39 is 230 Å². The largest absolute Gasteiger partial charge is 0.397 e. The molecule has 33 heteroatoms. The summed E-state index contributed by atoms with van der Waals surface area (Å²) in [6.45, 7) is 7.11. The Kier molecular flexibility index (Phi) is 29.9. The summed E-state index contributed by atoms with van der Waals surface area (Å²) in [4.78, 5) is 190. The normalized spacial score (nSPS) is 32.0. The maximum atomic E-state index is 15.5. The number of carbonyl (C=O) groups is 12. The van der Waals surface area contributed by atoms with Crippen molar-refractivity contribution in [2.45, 2.75) is 253 Å². The predicted octanol–water partition coefficient (Wildman–Crippen LogP) is 5.71. The zero-order valence-corrected chi connectivity index (χ0v) is 63.3. The Morgan fingerprint density at radius 2 is 1.25 bits per heavy atom. The molecule has 2 bridgehead atoms. The van der Waals surface area contributed by atoms with Crippen LogP contribution in [0.4, 0.5) is 35.1 Å². The van der Waals surface area contributed by atoms with E-state index in [2.05, 4.69) is 22.5 Å². The lowest BCUT2D eigenvalue weighted by atomic mass is 9.74. The smallest absolute Gasteiger partial charge is 0.377 e. The number of hydrogen-bond donors (Lipinski definition) is 3. The van der Waals surface area contributed by atoms with Gasteiger partial charge in [-0.2, -0.15) is 26.3 Å². The summed E-state index contributed by atoms with van der Waals surface area (Å²) in [5, 5.41) is 8.32. The number of amides is 12. The number of nitrogens with zero attached hydrogens (tertiary/aromatic N) is 9. The average molecular weight is 1520 g/mol. The van der Waals surface area contributed by atoms with E-state index in [0.717, 1.165) is 29.4 Å². The molecule has 7 rings (SSSR count). The van der Waals surface area contributed by atoms with Gasteiger partial charge in [-0.15, -0.1) is 6.58 Å². The van der Waals surface area contributed by atoms with Gasteiger partial charge in [0.25, 0.3) is 0 Å². The quantitative estimate of drug-likeness (QED) is 0.147. The van der Waals surface area contributed by atoms with Crippen molar-refractivity contribution in [1.82, 2.24) is 60.0 Å². The molecule has 0 aromatic carbocycles. The molecule has 12 atom stereocenters. The van der Waals surface area contributed by atoms with Gasteiger partial charge in [0, 0.05) is 82.5 Å². The van der Waals surface area contributed by atoms with Gasteiger partial charge in [-0.1, -0.05) is 39.2 Å². The minimum Gasteiger partial charge on any atom is -0.377 e. The monoisotopic (exact) mass is 1520 g/mol. The van der Waals surface area contributed by atoms with Gasteiger partial charge in [-0.25, -0.2) is 8.78 Å². The molecule has 7 fully saturated rings. The first-order valence-corrected chi connectivity index (χ1v) is 37.6. The van der Waals surface area contributed by atoms with Crippen LogP contribution in [0.3, 0.4) is 0 Å². The van der Waals surface area contributed by atoms with Crippen molar-refractivity contribution in [3.8, 4) is 0 Å². The third-order valence-corrected chi connectivity index (χ3v) is 23.7. The number of hydrogen-bond acceptors (Lipinski definition) is 13. The molecule has 0 radical (unpaired) electrons. The van der Waals surface area contributed by atoms with Gasteiger partial charge in [-0.3, -0.25) is 57.5 Å². The summed E-state index contributed by atoms with van der Waals surface area (Å²) in [6.07, 6.45) is -14.8. The van der Waals surface area contributed by atoms with Crippen LogP contribution < -0.4 is 16.0 Å². The van der Waals surface area contributed by atoms with E-state index >= 15 is 37.5 Å². The van der Waals surface area contributed by atoms with Crippen molar-refractivity contribution in [1.29, 1.82) is 0 Å². The van der Waals surface area contributed by atoms with Crippen LogP contribution >= 0.6 is 0 Å². The summed E-state index contributed by atoms with van der Waals surface area (Å²) >= 11 is 0. The Labute approximate surface area is 616 Å². The Morgan fingerprint density at radius 1 is 0.642 bits per heavy atom. The third-order valence-electron chi connectivity index (χ3n) is 23.7. The second kappa shape index (κ2) is 36.8. The van der Waals surface area contributed by atoms with Crippen molar-refractivity contribution in [3.63, 3.8) is 0 Å². The Hall–Kier alpha value is -7.22. The number of carbonyl (C=O) groups excluding carboxylic acids is 12. The highest BCUT2D eigenvalue weighted by Gasteiger charge is 2.56. The molecule has 106 heavy (non-hydrogen) atoms. The number of fused-ring (bicyclic) bond motifs is 3. The number of nitrogens with one attached hydrogen (secondary N) is 3. The zero-order valence-electron chi connectivity index (χ0n) is 63.3. The molecule has 598 valence electrons. The fraction of sp³-hybridized carbons (Fsp3) is 0.808. The Balaban J connectivity index is 1.31. The molecule has 1 spiro atoms. The summed E-state index contributed by atoms with van der Waals surface area (Å²) in [5.41, 5.74) is -1.69. The van der Waals surface area contributed by atoms with Gasteiger partial charge >= 0.3 is 12.4 Å². The molecule has 0 aromatic rings. The van der Waals surface area contributed by atoms with E-state index in [1.54, 1.807) is 20.8 Å². The predicted molar refractivity (Wildman–Crippen MR) is 372 cm³/mol. The summed E-state index contributed by atoms with van der Waals surface area (Å²) in [6, 6.07) is -11.4. The van der Waals surface area contributed by atoms with Crippen LogP contribution in [-0.4, -0.2) is 289 Å². The lowest BCUT2D eigenvalue weighted by Crippen LogP contribution is -2.68. The molecule has 3 N–H and O–H groups in total. The molecule has 3 aliphatic heterocycles. The molecule has 2 unspecified atom stereocenters. The van der Waals surface area contributed by atoms with Crippen LogP contribution in [-0.2, 0) is 62.3 Å². The fourth-order valence-electron chi connectivity index (χ4n) is 16.8. The van der Waals surface area contributed by atoms with Crippen molar-refractivity contribution in [2.24, 2.45) is 35.5 Å². The maximum Gasteiger partial charge on any atom is 0.397 e. The minimum atomic E-state index is -5.22. The SMILES string of the molecule is C=CC[C@H]1C(=O)N[C@@H]([C@@H](C)CC)C(=O)N(C)CC(=O)N(C)[C@H]2CCCCN(C2=O)[C@@H](CC2CCC(C(F)(F)F)CC2)C(=O)N(C)CC(=O)N[C@@H](CCC2CC(F)C(C(F)(F)F)C(F)C2)C(=O)N2C[C@H](OCC)C[C@H]2C(=O)NC2(CCC2)C(=O)N(C)[C@@H](C2CCCC2)C(=O)N(C)[C@H](C(=O)N(C)C)CC(=O)N1C. The van der Waals surface area contributed by atoms with Crippen LogP contribution in [0.25, 0.3) is 0 Å². The Bertz CT molecular complexity index is 3160. The van der Waals surface area contributed by atoms with E-state index in [4.69, 9.17) is 4.74 Å². The molecule has 7 aliphatic rings. The molecule has 3 saturated heterocycles. The van der Waals surface area contributed by atoms with Gasteiger partial charge in [0.15, 0.2) is 0 Å². The highest BCUT2D eigenvalue weighted by atomic mass is 19.4. The first kappa shape index (κ1) is 86.0. The van der Waals surface area contributed by atoms with E-state index in [9.17, 15) is 55.1 Å². The lowest BCUT2D eigenvalue weighted by molar-refractivity contribution is -0.219. The number of likely N-dealkylation sites (N-methyl/N-ethyl adjacent to an activating group) is 7. The number of ether oxygens (including phenoxy) is 1. The molecule has 3 heterocycles. The third kappa shape index (κ3) is 20.4. The molecular weight excluding hydrogens is 1400 g/mol. The van der Waals surface area contributed by atoms with Gasteiger partial charge in [0.1, 0.15) is 72.1 Å². The molecular formula is C73H112F8N12O13. The average Bonchev–Trinajstić information content (AvgIpc) is 0.821. The number of alkyl halides is 8. The highest BCUT2D eigenvalue weighted by Crippen LogP contribution is 2.46. The van der Waals surface area contributed by atoms with Crippen LogP contribution in [0.2, 0.25) is 0 Å². The summed E-state index contributed by atoms with van der Waals surface area (Å²) in [5.74, 6) is -16.9. The first-order valence-electron chi connectivity index (χ1n) is 37.6. The summed E-state index contributed by atoms with van der Waals surface area (Å²) < 4.78 is 121. The van der Waals surface area contributed by atoms with Crippen molar-refractivity contribution < 1.29 is 97.4 Å². The molecule has 4 saturated carbocycles. The van der Waals surface area contributed by atoms with Crippen molar-refractivity contribution in [3.05, 3.63) is 12.7 Å². The van der Waals surface area contributed by atoms with Crippen molar-refractivity contribution in [2.75, 3.05) is 89.2 Å². The second-order valence-corrected chi connectivity index (χ2v) is 31.0. The Morgan fingerprint density at radius 3 is 1.81 bits per heavy atom. The van der Waals surface area contributed by atoms with E-state index in [1.807, 2.05) is 0 Å². The van der Waals surface area contributed by atoms with E-state index in [-0.39, 0.29) is 96.7 Å². The van der Waals surface area contributed by atoms with Gasteiger partial charge in [0.05, 0.1) is 31.5 Å². The van der Waals surface area contributed by atoms with Crippen molar-refractivity contribution >= 4 is 70.9 Å². The van der Waals surface area contributed by atoms with E-state index in [1.165, 1.54) is 77.2 Å². The lowest BCUT2D eigenvalue weighted by Gasteiger charge is -2.46. The van der Waals surface area contributed by atoms with Crippen LogP contribution in [0.1, 0.15) is 168 Å².